The molecular weight excluding hydrogens is 176 g/mol. The molecule has 0 aromatic carbocycles. The smallest absolute Gasteiger partial charge is 0.225 e. The summed E-state index contributed by atoms with van der Waals surface area (Å²) in [6.45, 7) is 7.28. The lowest BCUT2D eigenvalue weighted by Crippen LogP contribution is -2.42. The van der Waals surface area contributed by atoms with Crippen molar-refractivity contribution in [3.63, 3.8) is 0 Å². The Hall–Kier alpha value is -1.06. The van der Waals surface area contributed by atoms with Gasteiger partial charge in [0.25, 0.3) is 0 Å². The van der Waals surface area contributed by atoms with Crippen molar-refractivity contribution in [2.45, 2.75) is 52.1 Å². The fourth-order valence-corrected chi connectivity index (χ4v) is 1.95. The summed E-state index contributed by atoms with van der Waals surface area (Å²) in [6.07, 6.45) is 3.80. The molecule has 0 bridgehead atoms. The van der Waals surface area contributed by atoms with Crippen molar-refractivity contribution in [3.8, 4) is 0 Å². The quantitative estimate of drug-likeness (QED) is 0.799. The Balaban J connectivity index is 2.15. The third kappa shape index (κ3) is 1.49. The lowest BCUT2D eigenvalue weighted by atomic mass is 9.79. The SMILES string of the molecule is CCn1c(C)nnc1NC1(C)CCC1. The van der Waals surface area contributed by atoms with Gasteiger partial charge in [-0.05, 0) is 40.0 Å². The molecule has 0 radical (unpaired) electrons. The molecule has 0 spiro atoms. The number of hydrogen-bond acceptors (Lipinski definition) is 3. The Kier molecular flexibility index (Phi) is 2.21. The molecule has 1 aliphatic rings. The zero-order valence-electron chi connectivity index (χ0n) is 9.17. The van der Waals surface area contributed by atoms with Crippen molar-refractivity contribution in [3.05, 3.63) is 5.82 Å². The fraction of sp³-hybridized carbons (Fsp3) is 0.800. The van der Waals surface area contributed by atoms with E-state index in [1.165, 1.54) is 19.3 Å². The predicted octanol–water partition coefficient (Wildman–Crippen LogP) is 1.96. The van der Waals surface area contributed by atoms with Gasteiger partial charge in [0.15, 0.2) is 0 Å². The summed E-state index contributed by atoms with van der Waals surface area (Å²) in [4.78, 5) is 0. The maximum atomic E-state index is 4.16. The summed E-state index contributed by atoms with van der Waals surface area (Å²) in [6, 6.07) is 0. The Morgan fingerprint density at radius 2 is 2.14 bits per heavy atom. The molecule has 1 heterocycles. The van der Waals surface area contributed by atoms with Gasteiger partial charge >= 0.3 is 0 Å². The summed E-state index contributed by atoms with van der Waals surface area (Å²) in [7, 11) is 0. The standard InChI is InChI=1S/C10H18N4/c1-4-14-8(2)12-13-9(14)11-10(3)6-5-7-10/h4-7H2,1-3H3,(H,11,13). The van der Waals surface area contributed by atoms with E-state index in [0.29, 0.717) is 0 Å². The van der Waals surface area contributed by atoms with Crippen LogP contribution in [0.1, 0.15) is 38.9 Å². The molecule has 2 rings (SSSR count). The number of anilines is 1. The Labute approximate surface area is 84.7 Å². The summed E-state index contributed by atoms with van der Waals surface area (Å²) in [5.41, 5.74) is 0.256. The van der Waals surface area contributed by atoms with Crippen LogP contribution in [0.4, 0.5) is 5.95 Å². The van der Waals surface area contributed by atoms with E-state index in [0.717, 1.165) is 18.3 Å². The first-order valence-electron chi connectivity index (χ1n) is 5.32. The molecule has 4 nitrogen and oxygen atoms in total. The average Bonchev–Trinajstić information content (AvgIpc) is 2.44. The second kappa shape index (κ2) is 3.26. The topological polar surface area (TPSA) is 42.7 Å². The number of hydrogen-bond donors (Lipinski definition) is 1. The molecule has 0 unspecified atom stereocenters. The van der Waals surface area contributed by atoms with E-state index in [9.17, 15) is 0 Å². The largest absolute Gasteiger partial charge is 0.349 e. The van der Waals surface area contributed by atoms with E-state index in [2.05, 4.69) is 33.9 Å². The lowest BCUT2D eigenvalue weighted by Gasteiger charge is -2.39. The van der Waals surface area contributed by atoms with Crippen LogP contribution in [0.3, 0.4) is 0 Å². The van der Waals surface area contributed by atoms with Crippen LogP contribution in [0, 0.1) is 6.92 Å². The van der Waals surface area contributed by atoms with Crippen LogP contribution >= 0.6 is 0 Å². The van der Waals surface area contributed by atoms with E-state index in [4.69, 9.17) is 0 Å². The second-order valence-corrected chi connectivity index (χ2v) is 4.35. The third-order valence-electron chi connectivity index (χ3n) is 3.12. The number of rotatable bonds is 3. The summed E-state index contributed by atoms with van der Waals surface area (Å²) < 4.78 is 2.11. The van der Waals surface area contributed by atoms with Crippen LogP contribution in [0.2, 0.25) is 0 Å². The van der Waals surface area contributed by atoms with E-state index in [1.54, 1.807) is 0 Å². The van der Waals surface area contributed by atoms with Gasteiger partial charge in [-0.25, -0.2) is 0 Å². The molecule has 1 N–H and O–H groups in total. The minimum absolute atomic E-state index is 0.256. The van der Waals surface area contributed by atoms with Gasteiger partial charge in [-0.3, -0.25) is 4.57 Å². The molecule has 0 amide bonds. The molecule has 78 valence electrons. The van der Waals surface area contributed by atoms with Crippen molar-refractivity contribution in [2.24, 2.45) is 0 Å². The van der Waals surface area contributed by atoms with E-state index >= 15 is 0 Å². The number of nitrogens with one attached hydrogen (secondary N) is 1. The fourth-order valence-electron chi connectivity index (χ4n) is 1.95. The third-order valence-corrected chi connectivity index (χ3v) is 3.12. The monoisotopic (exact) mass is 194 g/mol. The Bertz CT molecular complexity index is 325. The van der Waals surface area contributed by atoms with Gasteiger partial charge in [0.2, 0.25) is 5.95 Å². The Morgan fingerprint density at radius 1 is 1.43 bits per heavy atom. The Morgan fingerprint density at radius 3 is 2.64 bits per heavy atom. The van der Waals surface area contributed by atoms with E-state index < -0.39 is 0 Å². The van der Waals surface area contributed by atoms with Gasteiger partial charge in [0.05, 0.1) is 0 Å². The maximum absolute atomic E-state index is 4.16. The molecule has 1 saturated carbocycles. The maximum Gasteiger partial charge on any atom is 0.225 e. The van der Waals surface area contributed by atoms with Crippen LogP contribution in [-0.2, 0) is 6.54 Å². The number of aryl methyl sites for hydroxylation is 1. The van der Waals surface area contributed by atoms with Gasteiger partial charge in [0, 0.05) is 12.1 Å². The summed E-state index contributed by atoms with van der Waals surface area (Å²) in [5, 5.41) is 11.7. The first-order chi connectivity index (χ1) is 6.64. The van der Waals surface area contributed by atoms with Crippen molar-refractivity contribution in [1.82, 2.24) is 14.8 Å². The first kappa shape index (κ1) is 9.49. The van der Waals surface area contributed by atoms with Crippen LogP contribution in [0.25, 0.3) is 0 Å². The molecule has 4 heteroatoms. The summed E-state index contributed by atoms with van der Waals surface area (Å²) >= 11 is 0. The highest BCUT2D eigenvalue weighted by atomic mass is 15.4. The van der Waals surface area contributed by atoms with Gasteiger partial charge in [-0.2, -0.15) is 0 Å². The first-order valence-corrected chi connectivity index (χ1v) is 5.32. The zero-order valence-corrected chi connectivity index (χ0v) is 9.17. The lowest BCUT2D eigenvalue weighted by molar-refractivity contribution is 0.303. The average molecular weight is 194 g/mol. The minimum atomic E-state index is 0.256. The van der Waals surface area contributed by atoms with Gasteiger partial charge in [0.1, 0.15) is 5.82 Å². The number of nitrogens with zero attached hydrogens (tertiary/aromatic N) is 3. The molecule has 1 aromatic rings. The molecule has 14 heavy (non-hydrogen) atoms. The molecule has 0 saturated heterocycles. The van der Waals surface area contributed by atoms with Gasteiger partial charge in [-0.1, -0.05) is 0 Å². The summed E-state index contributed by atoms with van der Waals surface area (Å²) in [5.74, 6) is 1.91. The normalized spacial score (nSPS) is 19.1. The van der Waals surface area contributed by atoms with Crippen LogP contribution in [0.5, 0.6) is 0 Å². The van der Waals surface area contributed by atoms with Gasteiger partial charge in [-0.15, -0.1) is 10.2 Å². The van der Waals surface area contributed by atoms with Crippen LogP contribution in [0.15, 0.2) is 0 Å². The van der Waals surface area contributed by atoms with Crippen LogP contribution < -0.4 is 5.32 Å². The highest BCUT2D eigenvalue weighted by Gasteiger charge is 2.32. The predicted molar refractivity (Wildman–Crippen MR) is 56.3 cm³/mol. The molecule has 1 aliphatic carbocycles. The highest BCUT2D eigenvalue weighted by molar-refractivity contribution is 5.31. The van der Waals surface area contributed by atoms with Crippen molar-refractivity contribution in [1.29, 1.82) is 0 Å². The van der Waals surface area contributed by atoms with Crippen molar-refractivity contribution >= 4 is 5.95 Å². The zero-order chi connectivity index (χ0) is 10.2. The number of aromatic nitrogens is 3. The molecule has 0 atom stereocenters. The van der Waals surface area contributed by atoms with E-state index in [1.807, 2.05) is 6.92 Å². The van der Waals surface area contributed by atoms with Gasteiger partial charge < -0.3 is 5.32 Å². The molecular formula is C10H18N4. The second-order valence-electron chi connectivity index (χ2n) is 4.35. The minimum Gasteiger partial charge on any atom is -0.349 e. The van der Waals surface area contributed by atoms with Crippen LogP contribution in [-0.4, -0.2) is 20.3 Å². The van der Waals surface area contributed by atoms with E-state index in [-0.39, 0.29) is 5.54 Å². The highest BCUT2D eigenvalue weighted by Crippen LogP contribution is 2.34. The van der Waals surface area contributed by atoms with Crippen molar-refractivity contribution < 1.29 is 0 Å². The molecule has 1 aromatic heterocycles. The molecule has 0 aliphatic heterocycles. The van der Waals surface area contributed by atoms with Crippen molar-refractivity contribution in [2.75, 3.05) is 5.32 Å². The molecule has 1 fully saturated rings.